The van der Waals surface area contributed by atoms with Gasteiger partial charge in [-0.1, -0.05) is 13.8 Å². The van der Waals surface area contributed by atoms with Crippen molar-refractivity contribution in [1.82, 2.24) is 10.6 Å². The van der Waals surface area contributed by atoms with Gasteiger partial charge in [0.25, 0.3) is 0 Å². The normalized spacial score (nSPS) is 13.4. The van der Waals surface area contributed by atoms with Gasteiger partial charge in [-0.05, 0) is 33.1 Å². The number of hydrogen-bond donors (Lipinski definition) is 3. The maximum atomic E-state index is 12.5. The lowest BCUT2D eigenvalue weighted by molar-refractivity contribution is -0.145. The fourth-order valence-corrected chi connectivity index (χ4v) is 2.09. The number of methoxy groups -OCH3 is 1. The number of nitrogens with one attached hydrogen (secondary N) is 2. The maximum absolute atomic E-state index is 12.5. The molecule has 0 aromatic carbocycles. The number of alkyl carbamates (subject to hydrolysis) is 1. The molecule has 0 aromatic heterocycles. The molecule has 0 radical (unpaired) electrons. The van der Waals surface area contributed by atoms with Crippen LogP contribution >= 0.6 is 0 Å². The zero-order chi connectivity index (χ0) is 21.9. The largest absolute Gasteiger partial charge is 0.463 e. The fraction of sp³-hybridized carbons (Fsp3) is 0.778. The third kappa shape index (κ3) is 11.4. The monoisotopic (exact) mass is 403 g/mol. The zero-order valence-corrected chi connectivity index (χ0v) is 17.5. The second kappa shape index (κ2) is 12.2. The SMILES string of the molecule is COCCOC(=O)CC[C@@H](NC(=O)[C@@H](NC(=O)OC(C)(C)C)C(C)C)C(N)=O. The first kappa shape index (κ1) is 25.6. The molecule has 3 amide bonds. The number of amides is 3. The highest BCUT2D eigenvalue weighted by Crippen LogP contribution is 2.09. The average Bonchev–Trinajstić information content (AvgIpc) is 2.54. The number of ether oxygens (including phenoxy) is 3. The number of hydrogen-bond acceptors (Lipinski definition) is 7. The summed E-state index contributed by atoms with van der Waals surface area (Å²) in [5, 5.41) is 4.96. The van der Waals surface area contributed by atoms with E-state index in [4.69, 9.17) is 19.9 Å². The minimum Gasteiger partial charge on any atom is -0.463 e. The van der Waals surface area contributed by atoms with Gasteiger partial charge in [0.1, 0.15) is 24.3 Å². The topological polar surface area (TPSA) is 146 Å². The number of nitrogens with two attached hydrogens (primary N) is 1. The van der Waals surface area contributed by atoms with E-state index in [0.717, 1.165) is 0 Å². The second-order valence-electron chi connectivity index (χ2n) is 7.58. The number of carbonyl (C=O) groups excluding carboxylic acids is 4. The van der Waals surface area contributed by atoms with Crippen LogP contribution in [-0.4, -0.2) is 61.9 Å². The number of primary amides is 1. The Bertz CT molecular complexity index is 544. The summed E-state index contributed by atoms with van der Waals surface area (Å²) in [6.45, 7) is 8.91. The molecule has 10 heteroatoms. The van der Waals surface area contributed by atoms with Crippen molar-refractivity contribution in [3.63, 3.8) is 0 Å². The molecular formula is C18H33N3O7. The maximum Gasteiger partial charge on any atom is 0.408 e. The summed E-state index contributed by atoms with van der Waals surface area (Å²) in [6, 6.07) is -2.02. The molecule has 0 rings (SSSR count). The smallest absolute Gasteiger partial charge is 0.408 e. The van der Waals surface area contributed by atoms with Crippen molar-refractivity contribution in [1.29, 1.82) is 0 Å². The first-order valence-electron chi connectivity index (χ1n) is 9.11. The van der Waals surface area contributed by atoms with Crippen LogP contribution in [0.15, 0.2) is 0 Å². The molecule has 0 saturated heterocycles. The third-order valence-corrected chi connectivity index (χ3v) is 3.47. The second-order valence-corrected chi connectivity index (χ2v) is 7.58. The fourth-order valence-electron chi connectivity index (χ4n) is 2.09. The van der Waals surface area contributed by atoms with Gasteiger partial charge < -0.3 is 30.6 Å². The Morgan fingerprint density at radius 1 is 1.04 bits per heavy atom. The van der Waals surface area contributed by atoms with Crippen molar-refractivity contribution in [2.24, 2.45) is 11.7 Å². The Kier molecular flexibility index (Phi) is 11.1. The van der Waals surface area contributed by atoms with E-state index in [1.165, 1.54) is 7.11 Å². The summed E-state index contributed by atoms with van der Waals surface area (Å²) in [4.78, 5) is 47.8. The van der Waals surface area contributed by atoms with Gasteiger partial charge in [-0.3, -0.25) is 14.4 Å². The minimum absolute atomic E-state index is 0.0237. The molecular weight excluding hydrogens is 370 g/mol. The molecule has 4 N–H and O–H groups in total. The molecule has 10 nitrogen and oxygen atoms in total. The third-order valence-electron chi connectivity index (χ3n) is 3.47. The van der Waals surface area contributed by atoms with Crippen molar-refractivity contribution in [3.05, 3.63) is 0 Å². The molecule has 162 valence electrons. The summed E-state index contributed by atoms with van der Waals surface area (Å²) >= 11 is 0. The van der Waals surface area contributed by atoms with Gasteiger partial charge in [0, 0.05) is 13.5 Å². The molecule has 0 fully saturated rings. The van der Waals surface area contributed by atoms with Crippen LogP contribution in [0.2, 0.25) is 0 Å². The molecule has 0 saturated carbocycles. The average molecular weight is 403 g/mol. The van der Waals surface area contributed by atoms with Crippen LogP contribution in [0.3, 0.4) is 0 Å². The lowest BCUT2D eigenvalue weighted by Crippen LogP contribution is -2.55. The summed E-state index contributed by atoms with van der Waals surface area (Å²) in [7, 11) is 1.48. The van der Waals surface area contributed by atoms with Crippen LogP contribution in [0, 0.1) is 5.92 Å². The van der Waals surface area contributed by atoms with Gasteiger partial charge in [-0.2, -0.15) is 0 Å². The van der Waals surface area contributed by atoms with Gasteiger partial charge in [0.05, 0.1) is 6.61 Å². The highest BCUT2D eigenvalue weighted by Gasteiger charge is 2.29. The van der Waals surface area contributed by atoms with Crippen LogP contribution in [0.5, 0.6) is 0 Å². The summed E-state index contributed by atoms with van der Waals surface area (Å²) in [5.74, 6) is -2.21. The van der Waals surface area contributed by atoms with Crippen LogP contribution in [0.25, 0.3) is 0 Å². The van der Waals surface area contributed by atoms with Crippen molar-refractivity contribution in [2.45, 2.75) is 65.1 Å². The molecule has 2 atom stereocenters. The van der Waals surface area contributed by atoms with Gasteiger partial charge in [-0.15, -0.1) is 0 Å². The molecule has 28 heavy (non-hydrogen) atoms. The Labute approximate surface area is 165 Å². The van der Waals surface area contributed by atoms with Gasteiger partial charge in [0.15, 0.2) is 0 Å². The number of esters is 1. The Morgan fingerprint density at radius 3 is 2.11 bits per heavy atom. The molecule has 0 aromatic rings. The first-order valence-corrected chi connectivity index (χ1v) is 9.11. The molecule has 0 aliphatic rings. The van der Waals surface area contributed by atoms with E-state index in [0.29, 0.717) is 0 Å². The summed E-state index contributed by atoms with van der Waals surface area (Å²) in [6.07, 6.45) is -0.883. The Morgan fingerprint density at radius 2 is 1.64 bits per heavy atom. The van der Waals surface area contributed by atoms with Crippen molar-refractivity contribution >= 4 is 23.9 Å². The van der Waals surface area contributed by atoms with Crippen LogP contribution in [-0.2, 0) is 28.6 Å². The van der Waals surface area contributed by atoms with E-state index in [9.17, 15) is 19.2 Å². The molecule has 0 heterocycles. The van der Waals surface area contributed by atoms with E-state index >= 15 is 0 Å². The van der Waals surface area contributed by atoms with Gasteiger partial charge >= 0.3 is 12.1 Å². The van der Waals surface area contributed by atoms with E-state index < -0.39 is 41.6 Å². The standard InChI is InChI=1S/C18H33N3O7/c1-11(2)14(21-17(25)28-18(3,4)5)16(24)20-12(15(19)23)7-8-13(22)27-10-9-26-6/h11-12,14H,7-10H2,1-6H3,(H2,19,23)(H,20,24)(H,21,25)/t12-,14+/m1/s1. The molecule has 0 bridgehead atoms. The number of rotatable bonds is 11. The minimum atomic E-state index is -1.08. The predicted octanol–water partition coefficient (Wildman–Crippen LogP) is 0.476. The van der Waals surface area contributed by atoms with E-state index in [1.807, 2.05) is 0 Å². The number of carbonyl (C=O) groups is 4. The first-order chi connectivity index (χ1) is 12.9. The zero-order valence-electron chi connectivity index (χ0n) is 17.5. The molecule has 0 spiro atoms. The van der Waals surface area contributed by atoms with Gasteiger partial charge in [0.2, 0.25) is 11.8 Å². The molecule has 0 aliphatic carbocycles. The highest BCUT2D eigenvalue weighted by atomic mass is 16.6. The Balaban J connectivity index is 4.82. The lowest BCUT2D eigenvalue weighted by atomic mass is 10.0. The molecule has 0 aliphatic heterocycles. The van der Waals surface area contributed by atoms with E-state index in [-0.39, 0.29) is 32.0 Å². The van der Waals surface area contributed by atoms with E-state index in [1.54, 1.807) is 34.6 Å². The quantitative estimate of drug-likeness (QED) is 0.336. The van der Waals surface area contributed by atoms with Crippen molar-refractivity contribution < 1.29 is 33.4 Å². The van der Waals surface area contributed by atoms with E-state index in [2.05, 4.69) is 10.6 Å². The van der Waals surface area contributed by atoms with Crippen LogP contribution in [0.4, 0.5) is 4.79 Å². The van der Waals surface area contributed by atoms with Crippen molar-refractivity contribution in [3.8, 4) is 0 Å². The van der Waals surface area contributed by atoms with Crippen LogP contribution in [0.1, 0.15) is 47.5 Å². The highest BCUT2D eigenvalue weighted by molar-refractivity contribution is 5.91. The summed E-state index contributed by atoms with van der Waals surface area (Å²) < 4.78 is 14.8. The van der Waals surface area contributed by atoms with Crippen LogP contribution < -0.4 is 16.4 Å². The predicted molar refractivity (Wildman–Crippen MR) is 101 cm³/mol. The van der Waals surface area contributed by atoms with Gasteiger partial charge in [-0.25, -0.2) is 4.79 Å². The summed E-state index contributed by atoms with van der Waals surface area (Å²) in [5.41, 5.74) is 4.59. The lowest BCUT2D eigenvalue weighted by Gasteiger charge is -2.26. The van der Waals surface area contributed by atoms with Crippen molar-refractivity contribution in [2.75, 3.05) is 20.3 Å². The molecule has 0 unspecified atom stereocenters. The Hall–Kier alpha value is -2.36.